The number of hydrogen-bond donors (Lipinski definition) is 1. The number of aliphatic hydroxyl groups excluding tert-OH is 1. The van der Waals surface area contributed by atoms with Gasteiger partial charge in [0.1, 0.15) is 5.82 Å². The van der Waals surface area contributed by atoms with E-state index in [9.17, 15) is 27.5 Å². The van der Waals surface area contributed by atoms with Gasteiger partial charge in [0.2, 0.25) is 5.91 Å². The van der Waals surface area contributed by atoms with Gasteiger partial charge in [0.15, 0.2) is 0 Å². The van der Waals surface area contributed by atoms with E-state index in [2.05, 4.69) is 0 Å². The molecule has 28 heavy (non-hydrogen) atoms. The summed E-state index contributed by atoms with van der Waals surface area (Å²) in [6, 6.07) is 7.46. The van der Waals surface area contributed by atoms with Crippen LogP contribution in [0, 0.1) is 11.7 Å². The number of fused-ring (bicyclic) bond motifs is 1. The van der Waals surface area contributed by atoms with E-state index in [0.29, 0.717) is 37.9 Å². The van der Waals surface area contributed by atoms with Gasteiger partial charge in [0, 0.05) is 24.6 Å². The molecule has 1 aliphatic heterocycles. The zero-order valence-electron chi connectivity index (χ0n) is 15.0. The Morgan fingerprint density at radius 3 is 2.50 bits per heavy atom. The standard InChI is InChI=1S/C21H19F4NO2/c22-19-4-3-16(21(23,24)25)10-18(19)13-1-2-14-11-26(6-5-12(14)7-13)20(28)15-8-17(27)9-15/h1-4,7,10,15,17,27H,5-6,8-9,11H2. The molecule has 0 aromatic heterocycles. The summed E-state index contributed by atoms with van der Waals surface area (Å²) in [4.78, 5) is 14.2. The van der Waals surface area contributed by atoms with Crippen LogP contribution >= 0.6 is 0 Å². The van der Waals surface area contributed by atoms with Gasteiger partial charge >= 0.3 is 6.18 Å². The summed E-state index contributed by atoms with van der Waals surface area (Å²) in [5.41, 5.74) is 1.24. The second-order valence-corrected chi connectivity index (χ2v) is 7.51. The lowest BCUT2D eigenvalue weighted by atomic mass is 9.81. The molecule has 1 heterocycles. The van der Waals surface area contributed by atoms with Gasteiger partial charge in [0.05, 0.1) is 11.7 Å². The van der Waals surface area contributed by atoms with E-state index in [1.54, 1.807) is 23.1 Å². The van der Waals surface area contributed by atoms with Crippen LogP contribution in [0.3, 0.4) is 0 Å². The fraction of sp³-hybridized carbons (Fsp3) is 0.381. The molecule has 0 bridgehead atoms. The van der Waals surface area contributed by atoms with Crippen LogP contribution < -0.4 is 0 Å². The molecule has 7 heteroatoms. The predicted octanol–water partition coefficient (Wildman–Crippen LogP) is 4.17. The Bertz CT molecular complexity index is 919. The quantitative estimate of drug-likeness (QED) is 0.779. The minimum Gasteiger partial charge on any atom is -0.393 e. The summed E-state index contributed by atoms with van der Waals surface area (Å²) >= 11 is 0. The van der Waals surface area contributed by atoms with Crippen LogP contribution in [-0.4, -0.2) is 28.6 Å². The van der Waals surface area contributed by atoms with Gasteiger partial charge < -0.3 is 10.0 Å². The lowest BCUT2D eigenvalue weighted by Crippen LogP contribution is -2.45. The van der Waals surface area contributed by atoms with E-state index >= 15 is 0 Å². The molecule has 0 spiro atoms. The highest BCUT2D eigenvalue weighted by Crippen LogP contribution is 2.35. The SMILES string of the molecule is O=C(C1CC(O)C1)N1CCc2cc(-c3cc(C(F)(F)F)ccc3F)ccc2C1. The largest absolute Gasteiger partial charge is 0.416 e. The lowest BCUT2D eigenvalue weighted by molar-refractivity contribution is -0.143. The van der Waals surface area contributed by atoms with Crippen LogP contribution in [0.4, 0.5) is 17.6 Å². The second kappa shape index (κ2) is 6.88. The molecule has 0 radical (unpaired) electrons. The van der Waals surface area contributed by atoms with Crippen molar-refractivity contribution in [2.75, 3.05) is 6.54 Å². The van der Waals surface area contributed by atoms with Crippen molar-refractivity contribution in [3.8, 4) is 11.1 Å². The number of carbonyl (C=O) groups excluding carboxylic acids is 1. The Balaban J connectivity index is 1.57. The highest BCUT2D eigenvalue weighted by atomic mass is 19.4. The maximum absolute atomic E-state index is 14.2. The molecule has 0 atom stereocenters. The molecule has 3 nitrogen and oxygen atoms in total. The van der Waals surface area contributed by atoms with Gasteiger partial charge in [0.25, 0.3) is 0 Å². The molecule has 148 valence electrons. The molecule has 1 amide bonds. The highest BCUT2D eigenvalue weighted by Gasteiger charge is 2.36. The molecular weight excluding hydrogens is 374 g/mol. The summed E-state index contributed by atoms with van der Waals surface area (Å²) in [6.45, 7) is 0.930. The van der Waals surface area contributed by atoms with Crippen molar-refractivity contribution in [3.05, 3.63) is 58.9 Å². The third kappa shape index (κ3) is 3.51. The minimum atomic E-state index is -4.54. The number of nitrogens with zero attached hydrogens (tertiary/aromatic N) is 1. The van der Waals surface area contributed by atoms with E-state index in [0.717, 1.165) is 29.3 Å². The van der Waals surface area contributed by atoms with Crippen LogP contribution in [0.15, 0.2) is 36.4 Å². The normalized spacial score (nSPS) is 21.8. The molecule has 1 fully saturated rings. The van der Waals surface area contributed by atoms with Gasteiger partial charge in [-0.05, 0) is 54.2 Å². The number of alkyl halides is 3. The third-order valence-electron chi connectivity index (χ3n) is 5.60. The number of halogens is 4. The Morgan fingerprint density at radius 2 is 1.82 bits per heavy atom. The molecule has 0 unspecified atom stereocenters. The monoisotopic (exact) mass is 393 g/mol. The maximum atomic E-state index is 14.2. The van der Waals surface area contributed by atoms with Crippen LogP contribution in [0.1, 0.15) is 29.5 Å². The second-order valence-electron chi connectivity index (χ2n) is 7.51. The number of rotatable bonds is 2. The summed E-state index contributed by atoms with van der Waals surface area (Å²) in [7, 11) is 0. The first-order chi connectivity index (χ1) is 13.2. The van der Waals surface area contributed by atoms with Gasteiger partial charge in [-0.1, -0.05) is 18.2 Å². The van der Waals surface area contributed by atoms with E-state index < -0.39 is 23.7 Å². The van der Waals surface area contributed by atoms with E-state index in [4.69, 9.17) is 0 Å². The van der Waals surface area contributed by atoms with Crippen molar-refractivity contribution >= 4 is 5.91 Å². The van der Waals surface area contributed by atoms with Crippen LogP contribution in [0.25, 0.3) is 11.1 Å². The number of benzene rings is 2. The lowest BCUT2D eigenvalue weighted by Gasteiger charge is -2.37. The molecule has 1 saturated carbocycles. The number of aliphatic hydroxyl groups is 1. The topological polar surface area (TPSA) is 40.5 Å². The fourth-order valence-electron chi connectivity index (χ4n) is 3.88. The molecule has 2 aromatic carbocycles. The van der Waals surface area contributed by atoms with Crippen LogP contribution in [0.2, 0.25) is 0 Å². The van der Waals surface area contributed by atoms with Crippen molar-refractivity contribution in [2.24, 2.45) is 5.92 Å². The predicted molar refractivity (Wildman–Crippen MR) is 94.7 cm³/mol. The Morgan fingerprint density at radius 1 is 1.07 bits per heavy atom. The fourth-order valence-corrected chi connectivity index (χ4v) is 3.88. The average molecular weight is 393 g/mol. The molecule has 4 rings (SSSR count). The molecule has 2 aliphatic rings. The zero-order valence-corrected chi connectivity index (χ0v) is 15.0. The number of amides is 1. The van der Waals surface area contributed by atoms with Gasteiger partial charge in [-0.25, -0.2) is 4.39 Å². The first-order valence-electron chi connectivity index (χ1n) is 9.18. The third-order valence-corrected chi connectivity index (χ3v) is 5.60. The Labute approximate surface area is 159 Å². The van der Waals surface area contributed by atoms with Crippen molar-refractivity contribution < 1.29 is 27.5 Å². The Hall–Kier alpha value is -2.41. The van der Waals surface area contributed by atoms with Crippen molar-refractivity contribution in [2.45, 2.75) is 38.1 Å². The Kier molecular flexibility index (Phi) is 4.65. The summed E-state index contributed by atoms with van der Waals surface area (Å²) in [5.74, 6) is -0.803. The van der Waals surface area contributed by atoms with Crippen LogP contribution in [-0.2, 0) is 23.9 Å². The number of hydrogen-bond acceptors (Lipinski definition) is 2. The van der Waals surface area contributed by atoms with E-state index in [1.165, 1.54) is 0 Å². The molecular formula is C21H19F4NO2. The molecule has 0 saturated heterocycles. The molecule has 1 N–H and O–H groups in total. The average Bonchev–Trinajstić information content (AvgIpc) is 2.63. The summed E-state index contributed by atoms with van der Waals surface area (Å²) < 4.78 is 53.0. The van der Waals surface area contributed by atoms with E-state index in [1.807, 2.05) is 0 Å². The first-order valence-corrected chi connectivity index (χ1v) is 9.18. The number of carbonyl (C=O) groups is 1. The zero-order chi connectivity index (χ0) is 20.1. The van der Waals surface area contributed by atoms with Gasteiger partial charge in [-0.3, -0.25) is 4.79 Å². The molecule has 1 aliphatic carbocycles. The maximum Gasteiger partial charge on any atom is 0.416 e. The van der Waals surface area contributed by atoms with Crippen molar-refractivity contribution in [1.82, 2.24) is 4.90 Å². The molecule has 2 aromatic rings. The minimum absolute atomic E-state index is 0.0314. The van der Waals surface area contributed by atoms with Crippen molar-refractivity contribution in [1.29, 1.82) is 0 Å². The first kappa shape index (κ1) is 18.9. The van der Waals surface area contributed by atoms with E-state index in [-0.39, 0.29) is 17.4 Å². The van der Waals surface area contributed by atoms with Gasteiger partial charge in [-0.15, -0.1) is 0 Å². The van der Waals surface area contributed by atoms with Gasteiger partial charge in [-0.2, -0.15) is 13.2 Å². The van der Waals surface area contributed by atoms with Crippen LogP contribution in [0.5, 0.6) is 0 Å². The summed E-state index contributed by atoms with van der Waals surface area (Å²) in [6.07, 6.45) is -3.38. The highest BCUT2D eigenvalue weighted by molar-refractivity contribution is 5.80. The smallest absolute Gasteiger partial charge is 0.393 e. The summed E-state index contributed by atoms with van der Waals surface area (Å²) in [5, 5.41) is 9.38. The van der Waals surface area contributed by atoms with Crippen molar-refractivity contribution in [3.63, 3.8) is 0 Å².